The van der Waals surface area contributed by atoms with Crippen molar-refractivity contribution in [2.45, 2.75) is 24.5 Å². The maximum atomic E-state index is 13.6. The topological polar surface area (TPSA) is 47.6 Å². The Kier molecular flexibility index (Phi) is 5.62. The van der Waals surface area contributed by atoms with Crippen molar-refractivity contribution in [2.75, 3.05) is 6.61 Å². The molecular weight excluding hydrogens is 356 g/mol. The van der Waals surface area contributed by atoms with E-state index >= 15 is 0 Å². The molecule has 1 aromatic rings. The van der Waals surface area contributed by atoms with E-state index in [9.17, 15) is 31.1 Å². The number of hydrogen-bond donors (Lipinski definition) is 1. The van der Waals surface area contributed by atoms with E-state index in [0.29, 0.717) is 0 Å². The molecule has 1 amide bonds. The Bertz CT molecular complexity index is 554. The van der Waals surface area contributed by atoms with Crippen LogP contribution < -0.4 is 10.1 Å². The van der Waals surface area contributed by atoms with Gasteiger partial charge in [0.2, 0.25) is 0 Å². The van der Waals surface area contributed by atoms with Crippen LogP contribution in [-0.2, 0) is 4.74 Å². The smallest absolute Gasteiger partial charge is 0.443 e. The van der Waals surface area contributed by atoms with Gasteiger partial charge in [-0.1, -0.05) is 12.1 Å². The van der Waals surface area contributed by atoms with Gasteiger partial charge in [-0.15, -0.1) is 12.4 Å². The lowest BCUT2D eigenvalue weighted by Crippen LogP contribution is -2.49. The number of rotatable bonds is 4. The van der Waals surface area contributed by atoms with E-state index in [2.05, 4.69) is 9.47 Å². The number of amides is 1. The first-order valence-corrected chi connectivity index (χ1v) is 5.88. The standard InChI is InChI=1S/C12H9F6NO3.ClH/c13-9(14)12(17,18)22-7-3-1-6(2-4-7)8-11(15,16)5-21-10(20)19-8;/h1-4,8-9H,5H2,(H,19,20);1H/t8-;/m1./s1. The lowest BCUT2D eigenvalue weighted by Gasteiger charge is -2.31. The fourth-order valence-corrected chi connectivity index (χ4v) is 1.77. The maximum absolute atomic E-state index is 13.6. The molecule has 0 radical (unpaired) electrons. The van der Waals surface area contributed by atoms with E-state index in [1.54, 1.807) is 0 Å². The lowest BCUT2D eigenvalue weighted by atomic mass is 10.00. The third kappa shape index (κ3) is 4.34. The summed E-state index contributed by atoms with van der Waals surface area (Å²) >= 11 is 0. The highest BCUT2D eigenvalue weighted by Crippen LogP contribution is 2.35. The zero-order valence-corrected chi connectivity index (χ0v) is 11.9. The van der Waals surface area contributed by atoms with Crippen LogP contribution in [0.2, 0.25) is 0 Å². The number of hydrogen-bond acceptors (Lipinski definition) is 3. The second kappa shape index (κ2) is 6.73. The summed E-state index contributed by atoms with van der Waals surface area (Å²) in [6, 6.07) is 1.84. The molecule has 0 saturated carbocycles. The minimum Gasteiger partial charge on any atom is -0.443 e. The van der Waals surface area contributed by atoms with Gasteiger partial charge in [0.05, 0.1) is 0 Å². The number of alkyl carbamates (subject to hydrolysis) is 1. The highest BCUT2D eigenvalue weighted by molar-refractivity contribution is 5.85. The molecule has 4 nitrogen and oxygen atoms in total. The summed E-state index contributed by atoms with van der Waals surface area (Å²) < 4.78 is 84.5. The average Bonchev–Trinajstić information content (AvgIpc) is 2.42. The van der Waals surface area contributed by atoms with E-state index < -0.39 is 42.9 Å². The Morgan fingerprint density at radius 1 is 1.26 bits per heavy atom. The first kappa shape index (κ1) is 19.2. The molecule has 1 aliphatic heterocycles. The minimum absolute atomic E-state index is 0. The normalized spacial score (nSPS) is 20.3. The second-order valence-electron chi connectivity index (χ2n) is 4.45. The number of cyclic esters (lactones) is 1. The number of halogens is 7. The van der Waals surface area contributed by atoms with Gasteiger partial charge in [-0.05, 0) is 17.7 Å². The van der Waals surface area contributed by atoms with Gasteiger partial charge in [0.25, 0.3) is 0 Å². The summed E-state index contributed by atoms with van der Waals surface area (Å²) in [6.07, 6.45) is -9.79. The van der Waals surface area contributed by atoms with Crippen molar-refractivity contribution in [2.24, 2.45) is 0 Å². The molecule has 130 valence electrons. The Hall–Kier alpha value is -1.84. The summed E-state index contributed by atoms with van der Waals surface area (Å²) in [5.74, 6) is -4.04. The molecule has 1 aliphatic rings. The van der Waals surface area contributed by atoms with Crippen molar-refractivity contribution in [3.05, 3.63) is 29.8 Å². The van der Waals surface area contributed by atoms with Gasteiger partial charge in [0.1, 0.15) is 11.8 Å². The number of carbonyl (C=O) groups excluding carboxylic acids is 1. The molecule has 0 bridgehead atoms. The van der Waals surface area contributed by atoms with Crippen molar-refractivity contribution < 1.29 is 40.6 Å². The van der Waals surface area contributed by atoms with E-state index in [-0.39, 0.29) is 18.0 Å². The minimum atomic E-state index is -4.70. The molecule has 1 fully saturated rings. The summed E-state index contributed by atoms with van der Waals surface area (Å²) in [4.78, 5) is 11.0. The first-order valence-electron chi connectivity index (χ1n) is 5.88. The van der Waals surface area contributed by atoms with Gasteiger partial charge in [-0.25, -0.2) is 13.6 Å². The van der Waals surface area contributed by atoms with Crippen LogP contribution in [-0.4, -0.2) is 31.2 Å². The molecule has 23 heavy (non-hydrogen) atoms. The van der Waals surface area contributed by atoms with Crippen LogP contribution in [0.5, 0.6) is 5.75 Å². The van der Waals surface area contributed by atoms with Gasteiger partial charge < -0.3 is 14.8 Å². The number of alkyl halides is 6. The zero-order valence-electron chi connectivity index (χ0n) is 11.1. The molecule has 0 aromatic heterocycles. The quantitative estimate of drug-likeness (QED) is 0.826. The Balaban J connectivity index is 0.00000264. The van der Waals surface area contributed by atoms with Crippen LogP contribution in [0.1, 0.15) is 11.6 Å². The molecule has 1 saturated heterocycles. The Morgan fingerprint density at radius 2 is 1.83 bits per heavy atom. The fourth-order valence-electron chi connectivity index (χ4n) is 1.77. The summed E-state index contributed by atoms with van der Waals surface area (Å²) in [5, 5.41) is 1.89. The molecule has 1 atom stereocenters. The van der Waals surface area contributed by atoms with E-state index in [4.69, 9.17) is 0 Å². The predicted octanol–water partition coefficient (Wildman–Crippen LogP) is 3.76. The van der Waals surface area contributed by atoms with Crippen molar-refractivity contribution in [3.63, 3.8) is 0 Å². The van der Waals surface area contributed by atoms with Crippen LogP contribution >= 0.6 is 12.4 Å². The molecule has 11 heteroatoms. The van der Waals surface area contributed by atoms with Gasteiger partial charge in [-0.2, -0.15) is 17.6 Å². The third-order valence-corrected chi connectivity index (χ3v) is 2.80. The maximum Gasteiger partial charge on any atom is 0.461 e. The number of carbonyl (C=O) groups is 1. The molecule has 1 heterocycles. The first-order chi connectivity index (χ1) is 10.1. The number of nitrogens with one attached hydrogen (secondary N) is 1. The van der Waals surface area contributed by atoms with Crippen LogP contribution in [0.4, 0.5) is 31.1 Å². The van der Waals surface area contributed by atoms with E-state index in [1.165, 1.54) is 0 Å². The van der Waals surface area contributed by atoms with Crippen LogP contribution in [0.15, 0.2) is 24.3 Å². The number of benzene rings is 1. The molecule has 2 rings (SSSR count). The molecule has 0 spiro atoms. The average molecular weight is 366 g/mol. The molecule has 0 aliphatic carbocycles. The van der Waals surface area contributed by atoms with Crippen molar-refractivity contribution in [1.29, 1.82) is 0 Å². The van der Waals surface area contributed by atoms with Crippen molar-refractivity contribution in [3.8, 4) is 5.75 Å². The largest absolute Gasteiger partial charge is 0.461 e. The molecule has 0 unspecified atom stereocenters. The molecular formula is C12H10ClF6NO3. The SMILES string of the molecule is Cl.O=C1N[C@H](c2ccc(OC(F)(F)C(F)F)cc2)C(F)(F)CO1. The Morgan fingerprint density at radius 3 is 2.35 bits per heavy atom. The van der Waals surface area contributed by atoms with Crippen LogP contribution in [0, 0.1) is 0 Å². The van der Waals surface area contributed by atoms with Gasteiger partial charge in [-0.3, -0.25) is 0 Å². The summed E-state index contributed by atoms with van der Waals surface area (Å²) in [5.41, 5.74) is -0.116. The molecule has 1 N–H and O–H groups in total. The predicted molar refractivity (Wildman–Crippen MR) is 67.4 cm³/mol. The van der Waals surface area contributed by atoms with Gasteiger partial charge in [0.15, 0.2) is 6.61 Å². The molecule has 1 aromatic carbocycles. The van der Waals surface area contributed by atoms with E-state index in [1.807, 2.05) is 5.32 Å². The van der Waals surface area contributed by atoms with Crippen molar-refractivity contribution in [1.82, 2.24) is 5.32 Å². The summed E-state index contributed by atoms with van der Waals surface area (Å²) in [7, 11) is 0. The monoisotopic (exact) mass is 365 g/mol. The third-order valence-electron chi connectivity index (χ3n) is 2.80. The van der Waals surface area contributed by atoms with Gasteiger partial charge in [0, 0.05) is 0 Å². The van der Waals surface area contributed by atoms with Crippen LogP contribution in [0.3, 0.4) is 0 Å². The van der Waals surface area contributed by atoms with E-state index in [0.717, 1.165) is 24.3 Å². The van der Waals surface area contributed by atoms with Gasteiger partial charge >= 0.3 is 24.5 Å². The van der Waals surface area contributed by atoms with Crippen molar-refractivity contribution >= 4 is 18.5 Å². The summed E-state index contributed by atoms with van der Waals surface area (Å²) in [6.45, 7) is -1.13. The zero-order chi connectivity index (χ0) is 16.5. The highest BCUT2D eigenvalue weighted by atomic mass is 35.5. The lowest BCUT2D eigenvalue weighted by molar-refractivity contribution is -0.253. The fraction of sp³-hybridized carbons (Fsp3) is 0.417. The Labute approximate surface area is 132 Å². The highest BCUT2D eigenvalue weighted by Gasteiger charge is 2.47. The van der Waals surface area contributed by atoms with Crippen LogP contribution in [0.25, 0.3) is 0 Å². The number of ether oxygens (including phenoxy) is 2. The second-order valence-corrected chi connectivity index (χ2v) is 4.45.